The standard InChI is InChI=1S/C27H38N2O5/c1-5-32-26(31)21-16-14-20(15-17-21)24-28-25(34-29-24)22(18-23(30)33-27(2,3)4)13-9-12-19-10-7-6-8-11-19/h14-17,19,22H,5-13,18H2,1-4H3/t22-/m1/s1. The van der Waals surface area contributed by atoms with Gasteiger partial charge in [-0.25, -0.2) is 4.79 Å². The van der Waals surface area contributed by atoms with Crippen molar-refractivity contribution in [2.24, 2.45) is 5.92 Å². The van der Waals surface area contributed by atoms with Crippen LogP contribution in [0, 0.1) is 5.92 Å². The summed E-state index contributed by atoms with van der Waals surface area (Å²) in [5, 5.41) is 4.14. The van der Waals surface area contributed by atoms with E-state index in [1.54, 1.807) is 31.2 Å². The molecule has 34 heavy (non-hydrogen) atoms. The van der Waals surface area contributed by atoms with E-state index in [2.05, 4.69) is 10.1 Å². The highest BCUT2D eigenvalue weighted by atomic mass is 16.6. The predicted octanol–water partition coefficient (Wildman–Crippen LogP) is 6.48. The average Bonchev–Trinajstić information content (AvgIpc) is 3.28. The van der Waals surface area contributed by atoms with Gasteiger partial charge in [0.2, 0.25) is 11.7 Å². The third kappa shape index (κ3) is 7.96. The number of benzene rings is 1. The molecule has 0 radical (unpaired) electrons. The van der Waals surface area contributed by atoms with E-state index < -0.39 is 5.60 Å². The second-order valence-corrected chi connectivity index (χ2v) is 10.2. The molecule has 7 heteroatoms. The molecule has 7 nitrogen and oxygen atoms in total. The van der Waals surface area contributed by atoms with Crippen molar-refractivity contribution in [2.75, 3.05) is 6.61 Å². The first kappa shape index (κ1) is 25.9. The van der Waals surface area contributed by atoms with Crippen molar-refractivity contribution in [1.82, 2.24) is 10.1 Å². The lowest BCUT2D eigenvalue weighted by atomic mass is 9.84. The highest BCUT2D eigenvalue weighted by molar-refractivity contribution is 5.89. The van der Waals surface area contributed by atoms with Gasteiger partial charge < -0.3 is 14.0 Å². The minimum absolute atomic E-state index is 0.182. The number of nitrogens with zero attached hydrogens (tertiary/aromatic N) is 2. The van der Waals surface area contributed by atoms with Gasteiger partial charge in [0.1, 0.15) is 5.60 Å². The summed E-state index contributed by atoms with van der Waals surface area (Å²) in [5.41, 5.74) is 0.672. The number of carbonyl (C=O) groups is 2. The fraction of sp³-hybridized carbons (Fsp3) is 0.630. The maximum absolute atomic E-state index is 12.6. The van der Waals surface area contributed by atoms with Crippen molar-refractivity contribution in [3.63, 3.8) is 0 Å². The van der Waals surface area contributed by atoms with Crippen molar-refractivity contribution in [2.45, 2.75) is 97.0 Å². The minimum atomic E-state index is -0.537. The van der Waals surface area contributed by atoms with Crippen molar-refractivity contribution in [3.8, 4) is 11.4 Å². The van der Waals surface area contributed by atoms with Gasteiger partial charge in [-0.1, -0.05) is 62.2 Å². The summed E-state index contributed by atoms with van der Waals surface area (Å²) in [7, 11) is 0. The Hall–Kier alpha value is -2.70. The zero-order valence-electron chi connectivity index (χ0n) is 21.0. The first-order chi connectivity index (χ1) is 16.2. The number of esters is 2. The van der Waals surface area contributed by atoms with Crippen LogP contribution in [0.3, 0.4) is 0 Å². The van der Waals surface area contributed by atoms with Crippen LogP contribution in [0.4, 0.5) is 0 Å². The lowest BCUT2D eigenvalue weighted by Gasteiger charge is -2.23. The molecule has 2 aromatic rings. The average molecular weight is 471 g/mol. The van der Waals surface area contributed by atoms with Crippen LogP contribution < -0.4 is 0 Å². The van der Waals surface area contributed by atoms with E-state index in [0.29, 0.717) is 23.9 Å². The third-order valence-electron chi connectivity index (χ3n) is 6.17. The molecule has 186 valence electrons. The molecule has 1 saturated carbocycles. The number of ether oxygens (including phenoxy) is 2. The van der Waals surface area contributed by atoms with Crippen LogP contribution in [0.5, 0.6) is 0 Å². The summed E-state index contributed by atoms with van der Waals surface area (Å²) < 4.78 is 16.2. The Morgan fingerprint density at radius 1 is 1.12 bits per heavy atom. The van der Waals surface area contributed by atoms with Crippen molar-refractivity contribution >= 4 is 11.9 Å². The molecule has 1 aromatic carbocycles. The Labute approximate surface area is 202 Å². The number of hydrogen-bond acceptors (Lipinski definition) is 7. The van der Waals surface area contributed by atoms with Crippen LogP contribution in [-0.2, 0) is 14.3 Å². The SMILES string of the molecule is CCOC(=O)c1ccc(-c2noc([C@H](CCCC3CCCCC3)CC(=O)OC(C)(C)C)n2)cc1. The lowest BCUT2D eigenvalue weighted by molar-refractivity contribution is -0.155. The fourth-order valence-electron chi connectivity index (χ4n) is 4.51. The molecule has 0 N–H and O–H groups in total. The van der Waals surface area contributed by atoms with Gasteiger partial charge in [-0.15, -0.1) is 0 Å². The topological polar surface area (TPSA) is 91.5 Å². The van der Waals surface area contributed by atoms with Crippen LogP contribution in [0.25, 0.3) is 11.4 Å². The second-order valence-electron chi connectivity index (χ2n) is 10.2. The molecule has 0 amide bonds. The van der Waals surface area contributed by atoms with Gasteiger partial charge in [-0.2, -0.15) is 4.98 Å². The molecule has 1 atom stereocenters. The zero-order valence-corrected chi connectivity index (χ0v) is 21.0. The van der Waals surface area contributed by atoms with Crippen LogP contribution in [0.15, 0.2) is 28.8 Å². The summed E-state index contributed by atoms with van der Waals surface area (Å²) in [4.78, 5) is 29.1. The monoisotopic (exact) mass is 470 g/mol. The normalized spacial score (nSPS) is 15.6. The summed E-state index contributed by atoms with van der Waals surface area (Å²) >= 11 is 0. The third-order valence-corrected chi connectivity index (χ3v) is 6.17. The van der Waals surface area contributed by atoms with Crippen LogP contribution >= 0.6 is 0 Å². The molecule has 0 unspecified atom stereocenters. The summed E-state index contributed by atoms with van der Waals surface area (Å²) in [6.45, 7) is 7.71. The smallest absolute Gasteiger partial charge is 0.338 e. The Balaban J connectivity index is 1.69. The maximum atomic E-state index is 12.6. The molecule has 1 fully saturated rings. The van der Waals surface area contributed by atoms with Crippen molar-refractivity contribution < 1.29 is 23.6 Å². The molecule has 0 spiro atoms. The van der Waals surface area contributed by atoms with Gasteiger partial charge >= 0.3 is 11.9 Å². The highest BCUT2D eigenvalue weighted by Gasteiger charge is 2.26. The lowest BCUT2D eigenvalue weighted by Crippen LogP contribution is -2.25. The molecule has 1 aliphatic rings. The number of aromatic nitrogens is 2. The van der Waals surface area contributed by atoms with Gasteiger partial charge in [-0.05, 0) is 52.2 Å². The van der Waals surface area contributed by atoms with Crippen LogP contribution in [0.2, 0.25) is 0 Å². The molecule has 1 heterocycles. The molecule has 1 aromatic heterocycles. The quantitative estimate of drug-likeness (QED) is 0.367. The van der Waals surface area contributed by atoms with Gasteiger partial charge in [0.25, 0.3) is 0 Å². The van der Waals surface area contributed by atoms with Gasteiger partial charge in [0.15, 0.2) is 0 Å². The molecule has 1 aliphatic carbocycles. The van der Waals surface area contributed by atoms with Crippen molar-refractivity contribution in [1.29, 1.82) is 0 Å². The zero-order chi connectivity index (χ0) is 24.6. The minimum Gasteiger partial charge on any atom is -0.462 e. The van der Waals surface area contributed by atoms with Crippen molar-refractivity contribution in [3.05, 3.63) is 35.7 Å². The van der Waals surface area contributed by atoms with Crippen LogP contribution in [0.1, 0.15) is 108 Å². The van der Waals surface area contributed by atoms with Crippen LogP contribution in [-0.4, -0.2) is 34.3 Å². The Kier molecular flexibility index (Phi) is 9.25. The highest BCUT2D eigenvalue weighted by Crippen LogP contribution is 2.32. The number of rotatable bonds is 10. The Bertz CT molecular complexity index is 923. The molecular formula is C27H38N2O5. The molecular weight excluding hydrogens is 432 g/mol. The summed E-state index contributed by atoms with van der Waals surface area (Å²) in [6, 6.07) is 6.91. The molecule has 0 aliphatic heterocycles. The summed E-state index contributed by atoms with van der Waals surface area (Å²) in [6.07, 6.45) is 9.83. The Morgan fingerprint density at radius 2 is 1.82 bits per heavy atom. The van der Waals surface area contributed by atoms with E-state index in [9.17, 15) is 9.59 Å². The molecule has 3 rings (SSSR count). The molecule has 0 bridgehead atoms. The van der Waals surface area contributed by atoms with E-state index in [0.717, 1.165) is 24.3 Å². The number of hydrogen-bond donors (Lipinski definition) is 0. The first-order valence-corrected chi connectivity index (χ1v) is 12.6. The number of carbonyl (C=O) groups excluding carboxylic acids is 2. The van der Waals surface area contributed by atoms with E-state index in [4.69, 9.17) is 14.0 Å². The summed E-state index contributed by atoms with van der Waals surface area (Å²) in [5.74, 6) is 0.878. The van der Waals surface area contributed by atoms with Gasteiger partial charge in [0, 0.05) is 11.5 Å². The molecule has 0 saturated heterocycles. The van der Waals surface area contributed by atoms with E-state index in [-0.39, 0.29) is 24.3 Å². The van der Waals surface area contributed by atoms with Gasteiger partial charge in [0.05, 0.1) is 18.6 Å². The Morgan fingerprint density at radius 3 is 2.47 bits per heavy atom. The first-order valence-electron chi connectivity index (χ1n) is 12.6. The van der Waals surface area contributed by atoms with E-state index in [1.807, 2.05) is 20.8 Å². The fourth-order valence-corrected chi connectivity index (χ4v) is 4.51. The second kappa shape index (κ2) is 12.1. The maximum Gasteiger partial charge on any atom is 0.338 e. The van der Waals surface area contributed by atoms with E-state index >= 15 is 0 Å². The largest absolute Gasteiger partial charge is 0.462 e. The predicted molar refractivity (Wildman–Crippen MR) is 129 cm³/mol. The van der Waals surface area contributed by atoms with E-state index in [1.165, 1.54) is 38.5 Å². The van der Waals surface area contributed by atoms with Gasteiger partial charge in [-0.3, -0.25) is 4.79 Å².